The number of carbonyl (C=O) groups excluding carboxylic acids is 4. The van der Waals surface area contributed by atoms with Crippen LogP contribution in [0, 0.1) is 0 Å². The van der Waals surface area contributed by atoms with Crippen LogP contribution in [0.5, 0.6) is 0 Å². The van der Waals surface area contributed by atoms with Gasteiger partial charge in [0, 0.05) is 17.5 Å². The first-order valence-electron chi connectivity index (χ1n) is 18.7. The zero-order valence-corrected chi connectivity index (χ0v) is 32.0. The Morgan fingerprint density at radius 3 is 2.20 bits per heavy atom. The molecule has 1 aliphatic carbocycles. The van der Waals surface area contributed by atoms with Crippen LogP contribution in [0.2, 0.25) is 0 Å². The van der Waals surface area contributed by atoms with Gasteiger partial charge in [-0.2, -0.15) is 0 Å². The number of alkyl carbamates (subject to hydrolysis) is 2. The van der Waals surface area contributed by atoms with Crippen LogP contribution in [0.3, 0.4) is 0 Å². The number of methoxy groups -OCH3 is 2. The average molecular weight is 767 g/mol. The van der Waals surface area contributed by atoms with Crippen molar-refractivity contribution in [1.29, 1.82) is 0 Å². The highest BCUT2D eigenvalue weighted by atomic mass is 16.7. The van der Waals surface area contributed by atoms with Gasteiger partial charge in [0.15, 0.2) is 5.79 Å². The summed E-state index contributed by atoms with van der Waals surface area (Å²) in [5.41, 5.74) is 8.00. The molecule has 2 aromatic heterocycles. The van der Waals surface area contributed by atoms with Crippen LogP contribution in [0.25, 0.3) is 44.2 Å². The molecule has 1 aliphatic heterocycles. The first-order chi connectivity index (χ1) is 27.1. The van der Waals surface area contributed by atoms with Crippen LogP contribution < -0.4 is 10.6 Å². The van der Waals surface area contributed by atoms with Crippen molar-refractivity contribution in [2.75, 3.05) is 53.6 Å². The van der Waals surface area contributed by atoms with E-state index in [2.05, 4.69) is 72.5 Å². The van der Waals surface area contributed by atoms with Gasteiger partial charge in [-0.3, -0.25) is 9.59 Å². The molecule has 7 rings (SSSR count). The molecular formula is C40H46N8O8. The number of nitrogens with zero attached hydrogens (tertiary/aromatic N) is 4. The Balaban J connectivity index is 1.08. The Kier molecular flexibility index (Phi) is 11.2. The zero-order chi connectivity index (χ0) is 39.4. The number of hydrogen-bond donors (Lipinski definition) is 4. The van der Waals surface area contributed by atoms with Crippen LogP contribution in [-0.2, 0) is 54.5 Å². The fraction of sp³-hybridized carbons (Fsp3) is 0.400. The normalized spacial score (nSPS) is 14.2. The van der Waals surface area contributed by atoms with Gasteiger partial charge in [0.2, 0.25) is 11.8 Å². The Morgan fingerprint density at radius 2 is 1.48 bits per heavy atom. The number of fused-ring (bicyclic) bond motifs is 6. The second kappa shape index (κ2) is 16.4. The number of rotatable bonds is 13. The van der Waals surface area contributed by atoms with Gasteiger partial charge in [0.05, 0.1) is 69.5 Å². The number of hydrogen-bond acceptors (Lipinski definition) is 10. The van der Waals surface area contributed by atoms with E-state index >= 15 is 0 Å². The van der Waals surface area contributed by atoms with Crippen molar-refractivity contribution < 1.29 is 38.1 Å². The highest BCUT2D eigenvalue weighted by Gasteiger charge is 2.35. The van der Waals surface area contributed by atoms with Gasteiger partial charge in [-0.05, 0) is 60.4 Å². The Hall–Kier alpha value is -6.00. The van der Waals surface area contributed by atoms with Gasteiger partial charge < -0.3 is 49.3 Å². The molecule has 0 bridgehead atoms. The van der Waals surface area contributed by atoms with Crippen molar-refractivity contribution in [3.05, 3.63) is 71.4 Å². The molecule has 0 atom stereocenters. The Bertz CT molecular complexity index is 2280. The quantitative estimate of drug-likeness (QED) is 0.133. The number of amides is 4. The van der Waals surface area contributed by atoms with E-state index in [1.165, 1.54) is 19.8 Å². The highest BCUT2D eigenvalue weighted by molar-refractivity contribution is 6.05. The number of aromatic amines is 2. The summed E-state index contributed by atoms with van der Waals surface area (Å²) in [6, 6.07) is 16.9. The van der Waals surface area contributed by atoms with E-state index in [-0.39, 0.29) is 44.5 Å². The minimum absolute atomic E-state index is 0.156. The van der Waals surface area contributed by atoms with E-state index in [4.69, 9.17) is 19.4 Å². The Morgan fingerprint density at radius 1 is 0.821 bits per heavy atom. The predicted octanol–water partition coefficient (Wildman–Crippen LogP) is 4.41. The van der Waals surface area contributed by atoms with Crippen molar-refractivity contribution in [3.8, 4) is 22.4 Å². The average Bonchev–Trinajstić information content (AvgIpc) is 3.95. The van der Waals surface area contributed by atoms with Crippen molar-refractivity contribution in [3.63, 3.8) is 0 Å². The molecule has 0 spiro atoms. The molecule has 3 aromatic carbocycles. The maximum absolute atomic E-state index is 13.3. The number of imidazole rings is 2. The second-order valence-corrected chi connectivity index (χ2v) is 14.0. The third kappa shape index (κ3) is 8.30. The summed E-state index contributed by atoms with van der Waals surface area (Å²) in [6.45, 7) is 5.41. The SMILES string of the molecule is CCCN(Cc1nc2ccc3cc(-c4ccc5c(c4)CCc4nc(CN(CC6(C)OCCO6)C(=O)CNC(=O)OC)[nH]c4-5)ccc3c2[nH]1)C(=O)CNC(=O)OC. The van der Waals surface area contributed by atoms with Crippen molar-refractivity contribution in [2.24, 2.45) is 0 Å². The van der Waals surface area contributed by atoms with E-state index in [1.807, 2.05) is 13.0 Å². The van der Waals surface area contributed by atoms with Crippen molar-refractivity contribution >= 4 is 45.8 Å². The van der Waals surface area contributed by atoms with Crippen LogP contribution in [0.1, 0.15) is 43.2 Å². The lowest BCUT2D eigenvalue weighted by molar-refractivity contribution is -0.167. The molecule has 0 unspecified atom stereocenters. The van der Waals surface area contributed by atoms with E-state index in [0.29, 0.717) is 31.4 Å². The minimum Gasteiger partial charge on any atom is -0.453 e. The van der Waals surface area contributed by atoms with E-state index in [9.17, 15) is 19.2 Å². The predicted molar refractivity (Wildman–Crippen MR) is 206 cm³/mol. The summed E-state index contributed by atoms with van der Waals surface area (Å²) < 4.78 is 20.8. The number of ether oxygens (including phenoxy) is 4. The number of nitrogens with one attached hydrogen (secondary N) is 4. The molecule has 4 N–H and O–H groups in total. The fourth-order valence-electron chi connectivity index (χ4n) is 7.35. The molecule has 0 saturated carbocycles. The lowest BCUT2D eigenvalue weighted by Crippen LogP contribution is -2.47. The van der Waals surface area contributed by atoms with Crippen LogP contribution >= 0.6 is 0 Å². The number of aryl methyl sites for hydroxylation is 2. The molecule has 1 saturated heterocycles. The number of aromatic nitrogens is 4. The first-order valence-corrected chi connectivity index (χ1v) is 18.7. The molecule has 16 nitrogen and oxygen atoms in total. The minimum atomic E-state index is -0.962. The molecule has 1 fully saturated rings. The zero-order valence-electron chi connectivity index (χ0n) is 32.0. The van der Waals surface area contributed by atoms with Crippen LogP contribution in [0.15, 0.2) is 48.5 Å². The summed E-state index contributed by atoms with van der Waals surface area (Å²) in [6.07, 6.45) is 0.969. The van der Waals surface area contributed by atoms with Gasteiger partial charge in [-0.25, -0.2) is 19.6 Å². The second-order valence-electron chi connectivity index (χ2n) is 14.0. The van der Waals surface area contributed by atoms with Gasteiger partial charge >= 0.3 is 12.2 Å². The molecule has 294 valence electrons. The van der Waals surface area contributed by atoms with E-state index < -0.39 is 18.0 Å². The molecule has 3 heterocycles. The lowest BCUT2D eigenvalue weighted by atomic mass is 9.89. The van der Waals surface area contributed by atoms with Gasteiger partial charge in [-0.1, -0.05) is 43.3 Å². The molecule has 2 aliphatic rings. The van der Waals surface area contributed by atoms with Gasteiger partial charge in [-0.15, -0.1) is 0 Å². The van der Waals surface area contributed by atoms with Crippen molar-refractivity contribution in [1.82, 2.24) is 40.4 Å². The summed E-state index contributed by atoms with van der Waals surface area (Å²) in [4.78, 5) is 69.1. The highest BCUT2D eigenvalue weighted by Crippen LogP contribution is 2.36. The van der Waals surface area contributed by atoms with Gasteiger partial charge in [0.1, 0.15) is 24.7 Å². The lowest BCUT2D eigenvalue weighted by Gasteiger charge is -2.30. The number of benzene rings is 3. The monoisotopic (exact) mass is 766 g/mol. The third-order valence-electron chi connectivity index (χ3n) is 10.1. The molecule has 16 heteroatoms. The Labute approximate surface area is 323 Å². The molecular weight excluding hydrogens is 720 g/mol. The van der Waals surface area contributed by atoms with E-state index in [0.717, 1.165) is 69.1 Å². The first kappa shape index (κ1) is 38.3. The van der Waals surface area contributed by atoms with Crippen molar-refractivity contribution in [2.45, 2.75) is 52.0 Å². The summed E-state index contributed by atoms with van der Waals surface area (Å²) in [5, 5.41) is 6.99. The largest absolute Gasteiger partial charge is 0.453 e. The number of H-pyrrole nitrogens is 2. The fourth-order valence-corrected chi connectivity index (χ4v) is 7.35. The van der Waals surface area contributed by atoms with E-state index in [1.54, 1.807) is 16.7 Å². The standard InChI is InChI=1S/C40H46N8O8/c1-5-14-47(34(49)19-41-38(51)53-3)21-32-43-30-12-8-26-17-24(6-10-28(26)36(30)45-32)25-7-11-29-27(18-25)9-13-31-37(29)46-33(44-31)22-48(23-40(2)55-15-16-56-40)35(50)20-42-39(52)54-4/h6-8,10-12,17-18H,5,9,13-16,19-23H2,1-4H3,(H,41,51)(H,42,52)(H,43,45)(H,44,46). The van der Waals surface area contributed by atoms with Crippen LogP contribution in [0.4, 0.5) is 9.59 Å². The smallest absolute Gasteiger partial charge is 0.407 e. The molecule has 5 aromatic rings. The molecule has 56 heavy (non-hydrogen) atoms. The maximum atomic E-state index is 13.3. The molecule has 4 amide bonds. The maximum Gasteiger partial charge on any atom is 0.407 e. The summed E-state index contributed by atoms with van der Waals surface area (Å²) in [7, 11) is 2.50. The topological polar surface area (TPSA) is 193 Å². The van der Waals surface area contributed by atoms with Gasteiger partial charge in [0.25, 0.3) is 0 Å². The third-order valence-corrected chi connectivity index (χ3v) is 10.1. The number of carbonyl (C=O) groups is 4. The van der Waals surface area contributed by atoms with Crippen LogP contribution in [-0.4, -0.2) is 113 Å². The molecule has 0 radical (unpaired) electrons. The summed E-state index contributed by atoms with van der Waals surface area (Å²) in [5.74, 6) is -0.217. The summed E-state index contributed by atoms with van der Waals surface area (Å²) >= 11 is 0.